The summed E-state index contributed by atoms with van der Waals surface area (Å²) in [5, 5.41) is 2.72. The normalized spacial score (nSPS) is 17.7. The van der Waals surface area contributed by atoms with Crippen molar-refractivity contribution >= 4 is 17.4 Å². The van der Waals surface area contributed by atoms with Crippen molar-refractivity contribution in [3.63, 3.8) is 0 Å². The number of amides is 2. The second-order valence-electron chi connectivity index (χ2n) is 6.57. The van der Waals surface area contributed by atoms with Crippen molar-refractivity contribution in [2.75, 3.05) is 36.4 Å². The van der Waals surface area contributed by atoms with Gasteiger partial charge >= 0.3 is 12.3 Å². The zero-order valence-corrected chi connectivity index (χ0v) is 14.7. The lowest BCUT2D eigenvalue weighted by atomic mass is 10.2. The molecule has 2 heterocycles. The van der Waals surface area contributed by atoms with Crippen LogP contribution in [0.4, 0.5) is 25.0 Å². The van der Waals surface area contributed by atoms with Crippen molar-refractivity contribution < 1.29 is 23.0 Å². The Morgan fingerprint density at radius 3 is 2.52 bits per heavy atom. The quantitative estimate of drug-likeness (QED) is 0.870. The molecule has 2 amide bonds. The first kappa shape index (κ1) is 17.4. The number of halogens is 2. The van der Waals surface area contributed by atoms with E-state index in [4.69, 9.17) is 0 Å². The van der Waals surface area contributed by atoms with Crippen LogP contribution in [0.15, 0.2) is 42.5 Å². The molecule has 8 heteroatoms. The van der Waals surface area contributed by atoms with Gasteiger partial charge in [-0.2, -0.15) is 0 Å². The maximum Gasteiger partial charge on any atom is 0.586 e. The number of rotatable bonds is 2. The molecule has 0 atom stereocenters. The molecule has 0 aromatic heterocycles. The van der Waals surface area contributed by atoms with Gasteiger partial charge in [-0.1, -0.05) is 12.1 Å². The van der Waals surface area contributed by atoms with Gasteiger partial charge in [0.05, 0.1) is 0 Å². The molecule has 0 bridgehead atoms. The molecule has 2 aliphatic heterocycles. The summed E-state index contributed by atoms with van der Waals surface area (Å²) in [4.78, 5) is 16.4. The molecule has 1 saturated heterocycles. The molecular weight excluding hydrogens is 356 g/mol. The summed E-state index contributed by atoms with van der Waals surface area (Å²) in [6.07, 6.45) is -3.67. The Balaban J connectivity index is 1.35. The summed E-state index contributed by atoms with van der Waals surface area (Å²) < 4.78 is 34.9. The van der Waals surface area contributed by atoms with E-state index in [1.165, 1.54) is 23.8 Å². The Hall–Kier alpha value is -3.03. The van der Waals surface area contributed by atoms with Gasteiger partial charge in [-0.3, -0.25) is 0 Å². The van der Waals surface area contributed by atoms with Crippen LogP contribution in [-0.2, 0) is 0 Å². The minimum atomic E-state index is -3.67. The Bertz CT molecular complexity index is 867. The predicted molar refractivity (Wildman–Crippen MR) is 96.6 cm³/mol. The topological polar surface area (TPSA) is 54.0 Å². The number of nitrogens with one attached hydrogen (secondary N) is 1. The van der Waals surface area contributed by atoms with Gasteiger partial charge in [0.15, 0.2) is 11.5 Å². The lowest BCUT2D eigenvalue weighted by Crippen LogP contribution is -2.50. The van der Waals surface area contributed by atoms with E-state index in [2.05, 4.69) is 44.8 Å². The largest absolute Gasteiger partial charge is 0.586 e. The number of hydrogen-bond acceptors (Lipinski definition) is 4. The zero-order valence-electron chi connectivity index (χ0n) is 14.7. The zero-order chi connectivity index (χ0) is 19.0. The summed E-state index contributed by atoms with van der Waals surface area (Å²) in [6, 6.07) is 12.2. The molecule has 0 unspecified atom stereocenters. The first-order chi connectivity index (χ1) is 12.9. The molecule has 2 aromatic rings. The fourth-order valence-electron chi connectivity index (χ4n) is 3.22. The number of alkyl halides is 2. The first-order valence-corrected chi connectivity index (χ1v) is 8.67. The van der Waals surface area contributed by atoms with Crippen molar-refractivity contribution in [1.82, 2.24) is 4.90 Å². The minimum Gasteiger partial charge on any atom is -0.395 e. The van der Waals surface area contributed by atoms with Gasteiger partial charge in [-0.15, -0.1) is 8.78 Å². The summed E-state index contributed by atoms with van der Waals surface area (Å²) in [5.41, 5.74) is 2.72. The van der Waals surface area contributed by atoms with E-state index in [0.717, 1.165) is 18.8 Å². The van der Waals surface area contributed by atoms with Crippen molar-refractivity contribution in [2.45, 2.75) is 13.2 Å². The summed E-state index contributed by atoms with van der Waals surface area (Å²) >= 11 is 0. The molecule has 1 fully saturated rings. The first-order valence-electron chi connectivity index (χ1n) is 8.67. The van der Waals surface area contributed by atoms with Crippen molar-refractivity contribution in [3.8, 4) is 11.5 Å². The Labute approximate surface area is 155 Å². The highest BCUT2D eigenvalue weighted by molar-refractivity contribution is 5.90. The highest BCUT2D eigenvalue weighted by Crippen LogP contribution is 2.42. The summed E-state index contributed by atoms with van der Waals surface area (Å²) in [7, 11) is 0. The molecule has 0 radical (unpaired) electrons. The van der Waals surface area contributed by atoms with Crippen LogP contribution in [0.2, 0.25) is 0 Å². The van der Waals surface area contributed by atoms with E-state index < -0.39 is 6.29 Å². The van der Waals surface area contributed by atoms with Crippen LogP contribution in [0, 0.1) is 6.92 Å². The lowest BCUT2D eigenvalue weighted by molar-refractivity contribution is -0.286. The SMILES string of the molecule is Cc1cccc(N2CCN(C(=O)Nc3ccc4c(c3)OC(F)(F)O4)CC2)c1. The number of nitrogens with zero attached hydrogens (tertiary/aromatic N) is 2. The van der Waals surface area contributed by atoms with E-state index in [0.29, 0.717) is 18.8 Å². The molecule has 0 aliphatic carbocycles. The van der Waals surface area contributed by atoms with Gasteiger partial charge in [0, 0.05) is 43.6 Å². The number of carbonyl (C=O) groups is 1. The molecule has 1 N–H and O–H groups in total. The number of anilines is 2. The molecule has 6 nitrogen and oxygen atoms in total. The van der Waals surface area contributed by atoms with Crippen LogP contribution in [0.5, 0.6) is 11.5 Å². The van der Waals surface area contributed by atoms with Crippen LogP contribution < -0.4 is 19.7 Å². The number of aryl methyl sites for hydroxylation is 1. The average Bonchev–Trinajstić information content (AvgIpc) is 2.95. The summed E-state index contributed by atoms with van der Waals surface area (Å²) in [5.74, 6) is -0.146. The van der Waals surface area contributed by atoms with Crippen LogP contribution in [0.3, 0.4) is 0 Å². The third kappa shape index (κ3) is 3.74. The number of urea groups is 1. The van der Waals surface area contributed by atoms with Crippen LogP contribution in [-0.4, -0.2) is 43.4 Å². The molecule has 0 spiro atoms. The van der Waals surface area contributed by atoms with Gasteiger partial charge < -0.3 is 24.6 Å². The highest BCUT2D eigenvalue weighted by Gasteiger charge is 2.43. The lowest BCUT2D eigenvalue weighted by Gasteiger charge is -2.36. The average molecular weight is 375 g/mol. The second kappa shape index (κ2) is 6.61. The van der Waals surface area contributed by atoms with Crippen molar-refractivity contribution in [2.24, 2.45) is 0 Å². The fraction of sp³-hybridized carbons (Fsp3) is 0.316. The number of benzene rings is 2. The molecule has 2 aromatic carbocycles. The van der Waals surface area contributed by atoms with E-state index >= 15 is 0 Å². The van der Waals surface area contributed by atoms with E-state index in [9.17, 15) is 13.6 Å². The van der Waals surface area contributed by atoms with E-state index in [1.807, 2.05) is 6.07 Å². The minimum absolute atomic E-state index is 0.0511. The van der Waals surface area contributed by atoms with E-state index in [1.54, 1.807) is 4.90 Å². The molecule has 27 heavy (non-hydrogen) atoms. The number of ether oxygens (including phenoxy) is 2. The number of piperazine rings is 1. The molecule has 4 rings (SSSR count). The monoisotopic (exact) mass is 375 g/mol. The Morgan fingerprint density at radius 2 is 1.78 bits per heavy atom. The molecule has 0 saturated carbocycles. The van der Waals surface area contributed by atoms with Crippen molar-refractivity contribution in [1.29, 1.82) is 0 Å². The summed E-state index contributed by atoms with van der Waals surface area (Å²) in [6.45, 7) is 4.65. The maximum atomic E-state index is 13.1. The van der Waals surface area contributed by atoms with Gasteiger partial charge in [0.1, 0.15) is 0 Å². The van der Waals surface area contributed by atoms with E-state index in [-0.39, 0.29) is 17.5 Å². The van der Waals surface area contributed by atoms with Gasteiger partial charge in [0.25, 0.3) is 0 Å². The second-order valence-corrected chi connectivity index (χ2v) is 6.57. The van der Waals surface area contributed by atoms with Gasteiger partial charge in [-0.05, 0) is 36.8 Å². The van der Waals surface area contributed by atoms with Crippen molar-refractivity contribution in [3.05, 3.63) is 48.0 Å². The molecule has 142 valence electrons. The van der Waals surface area contributed by atoms with Gasteiger partial charge in [-0.25, -0.2) is 4.79 Å². The smallest absolute Gasteiger partial charge is 0.395 e. The highest BCUT2D eigenvalue weighted by atomic mass is 19.3. The molecule has 2 aliphatic rings. The Morgan fingerprint density at radius 1 is 1.04 bits per heavy atom. The van der Waals surface area contributed by atoms with Crippen LogP contribution in [0.1, 0.15) is 5.56 Å². The number of hydrogen-bond donors (Lipinski definition) is 1. The standard InChI is InChI=1S/C19H19F2N3O3/c1-13-3-2-4-15(11-13)23-7-9-24(10-8-23)18(25)22-14-5-6-16-17(12-14)27-19(20,21)26-16/h2-6,11-12H,7-10H2,1H3,(H,22,25). The third-order valence-electron chi connectivity index (χ3n) is 4.59. The fourth-order valence-corrected chi connectivity index (χ4v) is 3.22. The number of fused-ring (bicyclic) bond motifs is 1. The van der Waals surface area contributed by atoms with Crippen LogP contribution >= 0.6 is 0 Å². The Kier molecular flexibility index (Phi) is 4.25. The third-order valence-corrected chi connectivity index (χ3v) is 4.59. The van der Waals surface area contributed by atoms with Gasteiger partial charge in [0.2, 0.25) is 0 Å². The predicted octanol–water partition coefficient (Wildman–Crippen LogP) is 3.67. The maximum absolute atomic E-state index is 13.1. The molecular formula is C19H19F2N3O3. The number of carbonyl (C=O) groups excluding carboxylic acids is 1. The van der Waals surface area contributed by atoms with Crippen LogP contribution in [0.25, 0.3) is 0 Å².